The van der Waals surface area contributed by atoms with Crippen molar-refractivity contribution in [2.24, 2.45) is 3.65 Å². The summed E-state index contributed by atoms with van der Waals surface area (Å²) in [4.78, 5) is 0. The van der Waals surface area contributed by atoms with E-state index < -0.39 is 51.5 Å². The van der Waals surface area contributed by atoms with Crippen molar-refractivity contribution in [2.45, 2.75) is 102 Å². The Morgan fingerprint density at radius 2 is 0.723 bits per heavy atom. The monoisotopic (exact) mass is 813 g/mol. The fourth-order valence-corrected chi connectivity index (χ4v) is 6.20. The Morgan fingerprint density at radius 1 is 0.489 bits per heavy atom. The third kappa shape index (κ3) is 10.5. The van der Waals surface area contributed by atoms with E-state index in [-0.39, 0.29) is 5.54 Å². The summed E-state index contributed by atoms with van der Waals surface area (Å²) in [5, 5.41) is 36.9. The number of hydrogen-bond donors (Lipinski definition) is 2. The van der Waals surface area contributed by atoms with E-state index in [1.807, 2.05) is 184 Å². The van der Waals surface area contributed by atoms with Crippen LogP contribution in [0, 0.1) is 0 Å². The summed E-state index contributed by atoms with van der Waals surface area (Å²) in [7, 11) is 0. The molecule has 0 aliphatic heterocycles. The van der Waals surface area contributed by atoms with Gasteiger partial charge < -0.3 is 20.8 Å². The van der Waals surface area contributed by atoms with Crippen molar-refractivity contribution in [3.05, 3.63) is 154 Å². The van der Waals surface area contributed by atoms with Gasteiger partial charge in [-0.15, -0.1) is 23.2 Å². The predicted molar refractivity (Wildman–Crippen MR) is 188 cm³/mol. The molecule has 0 saturated carbocycles. The van der Waals surface area contributed by atoms with Crippen LogP contribution in [0.15, 0.2) is 125 Å². The van der Waals surface area contributed by atoms with E-state index in [0.29, 0.717) is 22.3 Å². The minimum atomic E-state index is -1.60. The van der Waals surface area contributed by atoms with Crippen LogP contribution in [0.2, 0.25) is 0 Å². The second-order valence-electron chi connectivity index (χ2n) is 14.8. The standard InChI is InChI=1S/C36H42N2O2.C4H9N.O.Os/c1-33(2,3)37-31(35(39,27-19-11-7-12-20-27)28-21-13-8-14-22-28)32(38-34(4,5)6)36(40,29-23-15-9-16-24-29)30-25-17-10-18-26-30;1-4(2,3)5;;/h7-26,31-32,39-40H,1-6H3;1-3H3;;/q-2;;;+2/t31-,32-;;;/m1.../s1. The molecule has 7 heteroatoms. The molecule has 4 aromatic rings. The Morgan fingerprint density at radius 3 is 0.872 bits per heavy atom. The Labute approximate surface area is 289 Å². The van der Waals surface area contributed by atoms with E-state index in [2.05, 4.69) is 3.65 Å². The zero-order chi connectivity index (χ0) is 34.9. The Kier molecular flexibility index (Phi) is 13.0. The molecule has 2 N–H and O–H groups in total. The first-order chi connectivity index (χ1) is 21.9. The topological polar surface area (TPSA) is 98.1 Å². The number of nitrogens with zero attached hydrogens (tertiary/aromatic N) is 3. The molecule has 4 rings (SSSR count). The van der Waals surface area contributed by atoms with Gasteiger partial charge in [0.2, 0.25) is 0 Å². The molecular weight excluding hydrogens is 761 g/mol. The van der Waals surface area contributed by atoms with Gasteiger partial charge in [0, 0.05) is 0 Å². The van der Waals surface area contributed by atoms with E-state index in [4.69, 9.17) is 10.6 Å². The molecule has 0 aliphatic rings. The summed E-state index contributed by atoms with van der Waals surface area (Å²) in [6.07, 6.45) is 0. The summed E-state index contributed by atoms with van der Waals surface area (Å²) < 4.78 is 13.8. The molecule has 0 spiro atoms. The van der Waals surface area contributed by atoms with Gasteiger partial charge in [0.1, 0.15) is 0 Å². The van der Waals surface area contributed by atoms with Crippen LogP contribution in [0.4, 0.5) is 0 Å². The first kappa shape index (κ1) is 38.4. The van der Waals surface area contributed by atoms with E-state index in [1.54, 1.807) is 0 Å². The van der Waals surface area contributed by atoms with Crippen molar-refractivity contribution < 1.29 is 30.9 Å². The molecule has 47 heavy (non-hydrogen) atoms. The molecule has 252 valence electrons. The Bertz CT molecular complexity index is 1370. The molecule has 2 atom stereocenters. The van der Waals surface area contributed by atoms with Crippen molar-refractivity contribution in [3.63, 3.8) is 0 Å². The second kappa shape index (κ2) is 15.9. The second-order valence-corrected chi connectivity index (χ2v) is 15.8. The molecule has 0 saturated heterocycles. The van der Waals surface area contributed by atoms with Gasteiger partial charge in [-0.25, -0.2) is 0 Å². The van der Waals surface area contributed by atoms with Crippen LogP contribution in [0.25, 0.3) is 10.6 Å². The molecule has 0 aromatic heterocycles. The van der Waals surface area contributed by atoms with Gasteiger partial charge in [-0.2, -0.15) is 0 Å². The van der Waals surface area contributed by atoms with E-state index in [9.17, 15) is 13.8 Å². The molecule has 0 fully saturated rings. The average molecular weight is 812 g/mol. The van der Waals surface area contributed by atoms with Crippen molar-refractivity contribution in [1.82, 2.24) is 0 Å². The van der Waals surface area contributed by atoms with Crippen LogP contribution >= 0.6 is 0 Å². The summed E-state index contributed by atoms with van der Waals surface area (Å²) in [5.74, 6) is 0. The molecule has 0 aliphatic carbocycles. The van der Waals surface area contributed by atoms with Crippen molar-refractivity contribution in [1.29, 1.82) is 0 Å². The summed E-state index contributed by atoms with van der Waals surface area (Å²) in [5.41, 5.74) is -1.63. The summed E-state index contributed by atoms with van der Waals surface area (Å²) in [6.45, 7) is 18.0. The molecule has 6 nitrogen and oxygen atoms in total. The van der Waals surface area contributed by atoms with Gasteiger partial charge in [-0.1, -0.05) is 163 Å². The van der Waals surface area contributed by atoms with Crippen LogP contribution < -0.4 is 0 Å². The van der Waals surface area contributed by atoms with Crippen LogP contribution in [-0.4, -0.2) is 38.9 Å². The number of aliphatic hydroxyl groups is 2. The first-order valence-corrected chi connectivity index (χ1v) is 18.2. The van der Waals surface area contributed by atoms with Crippen molar-refractivity contribution >= 4 is 0 Å². The van der Waals surface area contributed by atoms with E-state index in [1.165, 1.54) is 0 Å². The average Bonchev–Trinajstić information content (AvgIpc) is 3.02. The SMILES string of the molecule is CC(C)(C)[N-][C@H]([C@@H]([N-]C(C)(C)C)C(O)(c1ccccc1)c1ccccc1)C(O)(c1ccccc1)c1ccccc1.CC(C)(C)[N]=[Os+2]=[O]. The van der Waals surface area contributed by atoms with Gasteiger partial charge in [0.15, 0.2) is 0 Å². The molecule has 0 heterocycles. The Balaban J connectivity index is 0.000000771. The molecule has 0 amide bonds. The van der Waals surface area contributed by atoms with E-state index >= 15 is 0 Å². The van der Waals surface area contributed by atoms with Crippen LogP contribution in [-0.2, 0) is 31.9 Å². The summed E-state index contributed by atoms with van der Waals surface area (Å²) >= 11 is -1.32. The third-order valence-electron chi connectivity index (χ3n) is 7.33. The molecule has 4 aromatic carbocycles. The fraction of sp³-hybridized carbons (Fsp3) is 0.400. The molecule has 0 unspecified atom stereocenters. The zero-order valence-electron chi connectivity index (χ0n) is 29.2. The van der Waals surface area contributed by atoms with Gasteiger partial charge in [-0.05, 0) is 22.3 Å². The first-order valence-electron chi connectivity index (χ1n) is 16.0. The predicted octanol–water partition coefficient (Wildman–Crippen LogP) is 9.34. The van der Waals surface area contributed by atoms with Crippen LogP contribution in [0.5, 0.6) is 0 Å². The summed E-state index contributed by atoms with van der Waals surface area (Å²) in [6, 6.07) is 36.8. The maximum absolute atomic E-state index is 13.1. The van der Waals surface area contributed by atoms with E-state index in [0.717, 1.165) is 0 Å². The van der Waals surface area contributed by atoms with Crippen molar-refractivity contribution in [3.8, 4) is 0 Å². The maximum atomic E-state index is 13.1. The third-order valence-corrected chi connectivity index (χ3v) is 9.27. The van der Waals surface area contributed by atoms with Gasteiger partial charge in [0.05, 0.1) is 11.2 Å². The molecular formula is C40H51N3O3Os. The number of hydrogen-bond acceptors (Lipinski definition) is 4. The van der Waals surface area contributed by atoms with Crippen LogP contribution in [0.1, 0.15) is 84.6 Å². The number of benzene rings is 4. The van der Waals surface area contributed by atoms with Gasteiger partial charge in [0.25, 0.3) is 0 Å². The molecule has 0 bridgehead atoms. The zero-order valence-corrected chi connectivity index (χ0v) is 31.7. The quantitative estimate of drug-likeness (QED) is 0.176. The number of rotatable bonds is 9. The van der Waals surface area contributed by atoms with Crippen molar-refractivity contribution in [2.75, 3.05) is 0 Å². The van der Waals surface area contributed by atoms with Gasteiger partial charge in [-0.3, -0.25) is 0 Å². The Hall–Kier alpha value is -3.04. The normalized spacial score (nSPS) is 13.9. The fourth-order valence-electron chi connectivity index (χ4n) is 5.50. The van der Waals surface area contributed by atoms with Gasteiger partial charge >= 0.3 is 50.7 Å². The minimum absolute atomic E-state index is 0.0754. The molecule has 0 radical (unpaired) electrons. The van der Waals surface area contributed by atoms with Crippen LogP contribution in [0.3, 0.4) is 0 Å².